The van der Waals surface area contributed by atoms with E-state index in [1.807, 2.05) is 6.07 Å². The van der Waals surface area contributed by atoms with E-state index in [0.29, 0.717) is 11.7 Å². The van der Waals surface area contributed by atoms with E-state index in [-0.39, 0.29) is 5.91 Å². The molecule has 1 fully saturated rings. The van der Waals surface area contributed by atoms with Crippen LogP contribution in [0, 0.1) is 0 Å². The summed E-state index contributed by atoms with van der Waals surface area (Å²) in [5, 5.41) is 5.91. The highest BCUT2D eigenvalue weighted by molar-refractivity contribution is 5.92. The molecule has 5 heteroatoms. The van der Waals surface area contributed by atoms with Gasteiger partial charge in [0.15, 0.2) is 0 Å². The Kier molecular flexibility index (Phi) is 3.93. The first-order chi connectivity index (χ1) is 8.29. The second-order valence-electron chi connectivity index (χ2n) is 4.07. The van der Waals surface area contributed by atoms with Gasteiger partial charge >= 0.3 is 0 Å². The Balaban J connectivity index is 2.02. The molecule has 2 rings (SSSR count). The molecule has 0 saturated carbocycles. The van der Waals surface area contributed by atoms with Crippen LogP contribution in [0.3, 0.4) is 0 Å². The van der Waals surface area contributed by atoms with Crippen LogP contribution in [0.2, 0.25) is 0 Å². The molecule has 2 N–H and O–H groups in total. The molecule has 92 valence electrons. The monoisotopic (exact) mass is 235 g/mol. The molecule has 1 aromatic heterocycles. The fraction of sp³-hybridized carbons (Fsp3) is 0.500. The van der Waals surface area contributed by atoms with E-state index in [1.54, 1.807) is 19.3 Å². The van der Waals surface area contributed by atoms with Crippen LogP contribution >= 0.6 is 0 Å². The van der Waals surface area contributed by atoms with Crippen molar-refractivity contribution in [3.8, 4) is 0 Å². The van der Waals surface area contributed by atoms with Crippen molar-refractivity contribution in [1.29, 1.82) is 0 Å². The molecule has 1 unspecified atom stereocenters. The predicted octanol–water partition coefficient (Wildman–Crippen LogP) is 1.03. The molecule has 0 aliphatic carbocycles. The first-order valence-electron chi connectivity index (χ1n) is 5.82. The molecule has 0 bridgehead atoms. The van der Waals surface area contributed by atoms with Gasteiger partial charge in [0.1, 0.15) is 5.69 Å². The number of pyridine rings is 1. The van der Waals surface area contributed by atoms with Crippen LogP contribution in [0.1, 0.15) is 23.3 Å². The fourth-order valence-electron chi connectivity index (χ4n) is 1.86. The molecule has 1 aromatic rings. The van der Waals surface area contributed by atoms with Gasteiger partial charge in [-0.2, -0.15) is 0 Å². The van der Waals surface area contributed by atoms with Crippen molar-refractivity contribution in [2.45, 2.75) is 18.9 Å². The lowest BCUT2D eigenvalue weighted by Crippen LogP contribution is -2.30. The molecular weight excluding hydrogens is 218 g/mol. The normalized spacial score (nSPS) is 19.7. The number of aromatic nitrogens is 1. The van der Waals surface area contributed by atoms with E-state index in [2.05, 4.69) is 15.6 Å². The van der Waals surface area contributed by atoms with Crippen molar-refractivity contribution >= 4 is 11.6 Å². The van der Waals surface area contributed by atoms with Crippen molar-refractivity contribution in [2.24, 2.45) is 0 Å². The summed E-state index contributed by atoms with van der Waals surface area (Å²) in [6.07, 6.45) is 3.80. The Morgan fingerprint density at radius 2 is 2.47 bits per heavy atom. The third-order valence-corrected chi connectivity index (χ3v) is 2.75. The number of anilines is 1. The number of carbonyl (C=O) groups is 1. The average Bonchev–Trinajstić information content (AvgIpc) is 2.39. The number of carbonyl (C=O) groups excluding carboxylic acids is 1. The second kappa shape index (κ2) is 5.63. The molecule has 1 saturated heterocycles. The van der Waals surface area contributed by atoms with Gasteiger partial charge in [0, 0.05) is 31.6 Å². The SMILES string of the molecule is CNC(=O)c1cc(NC2CCCOC2)ccn1. The summed E-state index contributed by atoms with van der Waals surface area (Å²) >= 11 is 0. The molecule has 1 atom stereocenters. The van der Waals surface area contributed by atoms with Crippen LogP contribution in [0.25, 0.3) is 0 Å². The zero-order valence-electron chi connectivity index (χ0n) is 9.90. The minimum Gasteiger partial charge on any atom is -0.380 e. The summed E-state index contributed by atoms with van der Waals surface area (Å²) in [4.78, 5) is 15.5. The Hall–Kier alpha value is -1.62. The van der Waals surface area contributed by atoms with E-state index in [0.717, 1.165) is 31.7 Å². The summed E-state index contributed by atoms with van der Waals surface area (Å²) in [5.41, 5.74) is 1.34. The van der Waals surface area contributed by atoms with Gasteiger partial charge in [0.05, 0.1) is 6.61 Å². The van der Waals surface area contributed by atoms with Crippen LogP contribution in [-0.2, 0) is 4.74 Å². The van der Waals surface area contributed by atoms with Crippen LogP contribution in [0.5, 0.6) is 0 Å². The number of rotatable bonds is 3. The van der Waals surface area contributed by atoms with Crippen LogP contribution in [0.4, 0.5) is 5.69 Å². The van der Waals surface area contributed by atoms with E-state index < -0.39 is 0 Å². The van der Waals surface area contributed by atoms with Gasteiger partial charge in [0.25, 0.3) is 5.91 Å². The number of amides is 1. The van der Waals surface area contributed by atoms with Gasteiger partial charge in [-0.15, -0.1) is 0 Å². The van der Waals surface area contributed by atoms with Crippen LogP contribution in [0.15, 0.2) is 18.3 Å². The summed E-state index contributed by atoms with van der Waals surface area (Å²) < 4.78 is 5.40. The van der Waals surface area contributed by atoms with Gasteiger partial charge in [-0.05, 0) is 25.0 Å². The first kappa shape index (κ1) is 11.9. The van der Waals surface area contributed by atoms with E-state index in [9.17, 15) is 4.79 Å². The largest absolute Gasteiger partial charge is 0.380 e. The summed E-state index contributed by atoms with van der Waals surface area (Å²) in [6, 6.07) is 3.94. The maximum absolute atomic E-state index is 11.4. The smallest absolute Gasteiger partial charge is 0.269 e. The maximum Gasteiger partial charge on any atom is 0.269 e. The van der Waals surface area contributed by atoms with Crippen molar-refractivity contribution in [3.05, 3.63) is 24.0 Å². The first-order valence-corrected chi connectivity index (χ1v) is 5.82. The third kappa shape index (κ3) is 3.17. The number of hydrogen-bond acceptors (Lipinski definition) is 4. The molecule has 0 spiro atoms. The molecule has 1 aliphatic rings. The lowest BCUT2D eigenvalue weighted by Gasteiger charge is -2.24. The fourth-order valence-corrected chi connectivity index (χ4v) is 1.86. The summed E-state index contributed by atoms with van der Waals surface area (Å²) in [5.74, 6) is -0.173. The van der Waals surface area contributed by atoms with Gasteiger partial charge in [-0.1, -0.05) is 0 Å². The molecule has 17 heavy (non-hydrogen) atoms. The molecule has 5 nitrogen and oxygen atoms in total. The zero-order chi connectivity index (χ0) is 12.1. The average molecular weight is 235 g/mol. The predicted molar refractivity (Wildman–Crippen MR) is 65.1 cm³/mol. The van der Waals surface area contributed by atoms with Crippen LogP contribution < -0.4 is 10.6 Å². The van der Waals surface area contributed by atoms with E-state index in [4.69, 9.17) is 4.74 Å². The van der Waals surface area contributed by atoms with Crippen molar-refractivity contribution in [1.82, 2.24) is 10.3 Å². The molecule has 2 heterocycles. The second-order valence-corrected chi connectivity index (χ2v) is 4.07. The summed E-state index contributed by atoms with van der Waals surface area (Å²) in [6.45, 7) is 1.57. The van der Waals surface area contributed by atoms with Crippen molar-refractivity contribution < 1.29 is 9.53 Å². The summed E-state index contributed by atoms with van der Waals surface area (Å²) in [7, 11) is 1.60. The lowest BCUT2D eigenvalue weighted by molar-refractivity contribution is 0.0876. The minimum absolute atomic E-state index is 0.173. The maximum atomic E-state index is 11.4. The Morgan fingerprint density at radius 3 is 3.18 bits per heavy atom. The number of nitrogens with one attached hydrogen (secondary N) is 2. The quantitative estimate of drug-likeness (QED) is 0.821. The highest BCUT2D eigenvalue weighted by Crippen LogP contribution is 2.14. The number of nitrogens with zero attached hydrogens (tertiary/aromatic N) is 1. The Morgan fingerprint density at radius 1 is 1.59 bits per heavy atom. The van der Waals surface area contributed by atoms with Gasteiger partial charge in [0.2, 0.25) is 0 Å². The minimum atomic E-state index is -0.173. The molecule has 0 radical (unpaired) electrons. The Bertz CT molecular complexity index is 389. The highest BCUT2D eigenvalue weighted by Gasteiger charge is 2.14. The number of hydrogen-bond donors (Lipinski definition) is 2. The van der Waals surface area contributed by atoms with Gasteiger partial charge in [-0.3, -0.25) is 9.78 Å². The molecule has 1 aliphatic heterocycles. The highest BCUT2D eigenvalue weighted by atomic mass is 16.5. The number of ether oxygens (including phenoxy) is 1. The van der Waals surface area contributed by atoms with E-state index in [1.165, 1.54) is 0 Å². The molecule has 1 amide bonds. The molecular formula is C12H17N3O2. The Labute approximate surface area is 101 Å². The topological polar surface area (TPSA) is 63.2 Å². The lowest BCUT2D eigenvalue weighted by atomic mass is 10.1. The van der Waals surface area contributed by atoms with Gasteiger partial charge in [-0.25, -0.2) is 0 Å². The third-order valence-electron chi connectivity index (χ3n) is 2.75. The van der Waals surface area contributed by atoms with Crippen molar-refractivity contribution in [2.75, 3.05) is 25.6 Å². The molecule has 0 aromatic carbocycles. The van der Waals surface area contributed by atoms with Crippen molar-refractivity contribution in [3.63, 3.8) is 0 Å². The van der Waals surface area contributed by atoms with Crippen LogP contribution in [-0.4, -0.2) is 37.2 Å². The standard InChI is InChI=1S/C12H17N3O2/c1-13-12(16)11-7-9(4-5-14-11)15-10-3-2-6-17-8-10/h4-5,7,10H,2-3,6,8H2,1H3,(H,13,16)(H,14,15). The van der Waals surface area contributed by atoms with Gasteiger partial charge < -0.3 is 15.4 Å². The zero-order valence-corrected chi connectivity index (χ0v) is 9.90. The van der Waals surface area contributed by atoms with E-state index >= 15 is 0 Å².